The van der Waals surface area contributed by atoms with Gasteiger partial charge in [0.25, 0.3) is 0 Å². The lowest BCUT2D eigenvalue weighted by Gasteiger charge is -2.57. The highest BCUT2D eigenvalue weighted by molar-refractivity contribution is 5.34. The molecule has 0 amide bonds. The van der Waals surface area contributed by atoms with E-state index in [9.17, 15) is 0 Å². The largest absolute Gasteiger partial charge is 0.0617 e. The van der Waals surface area contributed by atoms with Crippen LogP contribution in [0.5, 0.6) is 0 Å². The SMILES string of the molecule is c1cc(C2CCCC2)cc(C23CC4CC(CC(C4)C2)C3)c1. The van der Waals surface area contributed by atoms with E-state index >= 15 is 0 Å². The molecule has 1 aromatic carbocycles. The van der Waals surface area contributed by atoms with Gasteiger partial charge in [0.2, 0.25) is 0 Å². The molecule has 0 radical (unpaired) electrons. The van der Waals surface area contributed by atoms with Crippen molar-refractivity contribution in [3.63, 3.8) is 0 Å². The Morgan fingerprint density at radius 1 is 0.810 bits per heavy atom. The maximum atomic E-state index is 2.64. The minimum atomic E-state index is 0.587. The zero-order chi connectivity index (χ0) is 13.9. The van der Waals surface area contributed by atoms with Gasteiger partial charge in [-0.25, -0.2) is 0 Å². The van der Waals surface area contributed by atoms with Crippen molar-refractivity contribution < 1.29 is 0 Å². The van der Waals surface area contributed by atoms with Gasteiger partial charge in [-0.05, 0) is 91.6 Å². The predicted molar refractivity (Wildman–Crippen MR) is 87.5 cm³/mol. The number of rotatable bonds is 2. The maximum Gasteiger partial charge on any atom is -0.00390 e. The summed E-state index contributed by atoms with van der Waals surface area (Å²) in [4.78, 5) is 0. The Morgan fingerprint density at radius 3 is 2.05 bits per heavy atom. The van der Waals surface area contributed by atoms with Gasteiger partial charge < -0.3 is 0 Å². The third-order valence-electron chi connectivity index (χ3n) is 7.36. The monoisotopic (exact) mass is 280 g/mol. The molecule has 0 aromatic heterocycles. The van der Waals surface area contributed by atoms with Crippen molar-refractivity contribution in [1.82, 2.24) is 0 Å². The Labute approximate surface area is 129 Å². The van der Waals surface area contributed by atoms with E-state index in [0.29, 0.717) is 5.41 Å². The molecule has 0 heterocycles. The summed E-state index contributed by atoms with van der Waals surface area (Å²) in [5, 5.41) is 0. The molecule has 0 aliphatic heterocycles. The molecule has 0 saturated heterocycles. The van der Waals surface area contributed by atoms with Gasteiger partial charge in [0.05, 0.1) is 0 Å². The van der Waals surface area contributed by atoms with Crippen LogP contribution in [0.2, 0.25) is 0 Å². The molecule has 4 bridgehead atoms. The number of hydrogen-bond acceptors (Lipinski definition) is 0. The molecule has 21 heavy (non-hydrogen) atoms. The average Bonchev–Trinajstić information content (AvgIpc) is 3.00. The predicted octanol–water partition coefficient (Wildman–Crippen LogP) is 5.81. The summed E-state index contributed by atoms with van der Waals surface area (Å²) >= 11 is 0. The van der Waals surface area contributed by atoms with Crippen molar-refractivity contribution in [2.75, 3.05) is 0 Å². The molecule has 0 unspecified atom stereocenters. The second-order valence-corrected chi connectivity index (χ2v) is 8.80. The molecule has 0 spiro atoms. The number of hydrogen-bond donors (Lipinski definition) is 0. The lowest BCUT2D eigenvalue weighted by Crippen LogP contribution is -2.48. The minimum absolute atomic E-state index is 0.587. The van der Waals surface area contributed by atoms with Gasteiger partial charge in [0.1, 0.15) is 0 Å². The molecule has 5 saturated carbocycles. The van der Waals surface area contributed by atoms with Crippen LogP contribution in [0.1, 0.15) is 81.3 Å². The van der Waals surface area contributed by atoms with Crippen LogP contribution in [-0.2, 0) is 5.41 Å². The maximum absolute atomic E-state index is 2.64. The van der Waals surface area contributed by atoms with Gasteiger partial charge in [0.15, 0.2) is 0 Å². The van der Waals surface area contributed by atoms with E-state index in [-0.39, 0.29) is 0 Å². The molecule has 1 aromatic rings. The molecular weight excluding hydrogens is 252 g/mol. The zero-order valence-electron chi connectivity index (χ0n) is 13.2. The van der Waals surface area contributed by atoms with Crippen molar-refractivity contribution in [2.45, 2.75) is 75.5 Å². The minimum Gasteiger partial charge on any atom is -0.0617 e. The van der Waals surface area contributed by atoms with Crippen molar-refractivity contribution >= 4 is 0 Å². The van der Waals surface area contributed by atoms with E-state index in [4.69, 9.17) is 0 Å². The summed E-state index contributed by atoms with van der Waals surface area (Å²) in [6.45, 7) is 0. The topological polar surface area (TPSA) is 0 Å². The van der Waals surface area contributed by atoms with Crippen LogP contribution >= 0.6 is 0 Å². The fourth-order valence-corrected chi connectivity index (χ4v) is 6.85. The molecule has 0 atom stereocenters. The second-order valence-electron chi connectivity index (χ2n) is 8.80. The summed E-state index contributed by atoms with van der Waals surface area (Å²) in [5.74, 6) is 4.06. The molecule has 5 aliphatic rings. The van der Waals surface area contributed by atoms with Gasteiger partial charge in [-0.1, -0.05) is 37.1 Å². The highest BCUT2D eigenvalue weighted by Crippen LogP contribution is 2.60. The normalized spacial score (nSPS) is 41.8. The van der Waals surface area contributed by atoms with Gasteiger partial charge in [-0.2, -0.15) is 0 Å². The van der Waals surface area contributed by atoms with Crippen molar-refractivity contribution in [2.24, 2.45) is 17.8 Å². The van der Waals surface area contributed by atoms with Crippen LogP contribution in [0.4, 0.5) is 0 Å². The quantitative estimate of drug-likeness (QED) is 0.641. The smallest absolute Gasteiger partial charge is 0.00390 e. The molecular formula is C21H28. The Bertz CT molecular complexity index is 499. The standard InChI is InChI=1S/C21H28/c1-2-5-18(4-1)19-6-3-7-20(11-19)21-12-15-8-16(13-21)10-17(9-15)14-21/h3,6-7,11,15-18H,1-2,4-5,8-10,12-14H2. The summed E-state index contributed by atoms with van der Waals surface area (Å²) < 4.78 is 0. The summed E-state index contributed by atoms with van der Waals surface area (Å²) in [7, 11) is 0. The van der Waals surface area contributed by atoms with E-state index in [1.165, 1.54) is 44.9 Å². The van der Waals surface area contributed by atoms with E-state index in [2.05, 4.69) is 24.3 Å². The Hall–Kier alpha value is -0.780. The molecule has 112 valence electrons. The first-order chi connectivity index (χ1) is 10.3. The molecule has 5 fully saturated rings. The van der Waals surface area contributed by atoms with E-state index in [1.807, 2.05) is 0 Å². The van der Waals surface area contributed by atoms with Crippen LogP contribution in [0.25, 0.3) is 0 Å². The van der Waals surface area contributed by atoms with E-state index < -0.39 is 0 Å². The van der Waals surface area contributed by atoms with Gasteiger partial charge in [-0.15, -0.1) is 0 Å². The van der Waals surface area contributed by atoms with Crippen molar-refractivity contribution in [3.05, 3.63) is 35.4 Å². The fraction of sp³-hybridized carbons (Fsp3) is 0.714. The van der Waals surface area contributed by atoms with E-state index in [1.54, 1.807) is 30.4 Å². The molecule has 0 N–H and O–H groups in total. The summed E-state index contributed by atoms with van der Waals surface area (Å²) in [6, 6.07) is 9.91. The first-order valence-corrected chi connectivity index (χ1v) is 9.41. The van der Waals surface area contributed by atoms with Gasteiger partial charge in [0, 0.05) is 0 Å². The first-order valence-electron chi connectivity index (χ1n) is 9.41. The van der Waals surface area contributed by atoms with E-state index in [0.717, 1.165) is 23.7 Å². The highest BCUT2D eigenvalue weighted by Gasteiger charge is 2.51. The lowest BCUT2D eigenvalue weighted by atomic mass is 9.48. The lowest BCUT2D eigenvalue weighted by molar-refractivity contribution is -0.00522. The highest BCUT2D eigenvalue weighted by atomic mass is 14.6. The zero-order valence-corrected chi connectivity index (χ0v) is 13.2. The van der Waals surface area contributed by atoms with Crippen LogP contribution in [0.15, 0.2) is 24.3 Å². The van der Waals surface area contributed by atoms with Crippen molar-refractivity contribution in [3.8, 4) is 0 Å². The van der Waals surface area contributed by atoms with Crippen LogP contribution in [0, 0.1) is 17.8 Å². The van der Waals surface area contributed by atoms with Gasteiger partial charge in [-0.3, -0.25) is 0 Å². The third kappa shape index (κ3) is 2.01. The number of benzene rings is 1. The second kappa shape index (κ2) is 4.61. The molecule has 5 aliphatic carbocycles. The molecule has 0 heteroatoms. The fourth-order valence-electron chi connectivity index (χ4n) is 6.85. The third-order valence-corrected chi connectivity index (χ3v) is 7.36. The van der Waals surface area contributed by atoms with Gasteiger partial charge >= 0.3 is 0 Å². The molecule has 0 nitrogen and oxygen atoms in total. The van der Waals surface area contributed by atoms with Crippen LogP contribution in [-0.4, -0.2) is 0 Å². The average molecular weight is 280 g/mol. The Morgan fingerprint density at radius 2 is 1.43 bits per heavy atom. The first kappa shape index (κ1) is 12.7. The summed E-state index contributed by atoms with van der Waals surface area (Å²) in [5.41, 5.74) is 3.98. The molecule has 6 rings (SSSR count). The Balaban J connectivity index is 1.50. The summed E-state index contributed by atoms with van der Waals surface area (Å²) in [6.07, 6.45) is 15.0. The van der Waals surface area contributed by atoms with Crippen molar-refractivity contribution in [1.29, 1.82) is 0 Å². The Kier molecular flexibility index (Phi) is 2.79. The van der Waals surface area contributed by atoms with Crippen LogP contribution < -0.4 is 0 Å². The van der Waals surface area contributed by atoms with Crippen LogP contribution in [0.3, 0.4) is 0 Å².